The summed E-state index contributed by atoms with van der Waals surface area (Å²) in [5, 5.41) is 6.95. The Morgan fingerprint density at radius 2 is 1.00 bits per heavy atom. The molecule has 0 spiro atoms. The number of aryl methyl sites for hydroxylation is 2. The zero-order valence-corrected chi connectivity index (χ0v) is 23.2. The van der Waals surface area contributed by atoms with Gasteiger partial charge in [-0.15, -0.1) is 106 Å². The Balaban J connectivity index is 0.000000226. The molecule has 0 unspecified atom stereocenters. The topological polar surface area (TPSA) is 0 Å². The summed E-state index contributed by atoms with van der Waals surface area (Å²) >= 11 is 1.69. The molecule has 0 aliphatic rings. The SMILES string of the molecule is C[Si](=[Zr+2])c1ccccc1.Cc1cc2ccccc2[cH-]1.Cc1cc2ccccc2[cH-]1.Cl.Cl. The quantitative estimate of drug-likeness (QED) is 0.151. The second kappa shape index (κ2) is 13.9. The van der Waals surface area contributed by atoms with Gasteiger partial charge in [-0.25, -0.2) is 0 Å². The van der Waals surface area contributed by atoms with Crippen LogP contribution in [0.4, 0.5) is 0 Å². The van der Waals surface area contributed by atoms with Gasteiger partial charge in [0.1, 0.15) is 0 Å². The molecule has 158 valence electrons. The fourth-order valence-electron chi connectivity index (χ4n) is 3.30. The summed E-state index contributed by atoms with van der Waals surface area (Å²) < 4.78 is 0. The number of halogens is 2. The molecule has 0 radical (unpaired) electrons. The summed E-state index contributed by atoms with van der Waals surface area (Å²) in [6, 6.07) is 36.4. The standard InChI is InChI=1S/2C10H9.C7H8Si.2ClH.Zr/c2*1-8-6-9-4-2-3-5-10(9)7-8;1-8-7-5-3-2-4-6-7;;;/h2*2-7H,1H3;2-6H,1H3;2*1H;/q2*-1;;;;+2. The van der Waals surface area contributed by atoms with E-state index in [2.05, 4.69) is 124 Å². The first-order valence-corrected chi connectivity index (χ1v) is 15.6. The van der Waals surface area contributed by atoms with Gasteiger partial charge >= 0.3 is 70.8 Å². The molecule has 31 heavy (non-hydrogen) atoms. The minimum atomic E-state index is -0.122. The first-order valence-electron chi connectivity index (χ1n) is 9.87. The zero-order valence-electron chi connectivity index (χ0n) is 18.1. The fraction of sp³-hybridized carbons (Fsp3) is 0.111. The first-order chi connectivity index (χ1) is 14.0. The molecular formula is C27H28Cl2SiZr. The number of rotatable bonds is 1. The number of fused-ring (bicyclic) bond motifs is 2. The van der Waals surface area contributed by atoms with Crippen LogP contribution in [0.2, 0.25) is 6.55 Å². The summed E-state index contributed by atoms with van der Waals surface area (Å²) in [5.41, 5.74) is 2.57. The van der Waals surface area contributed by atoms with Gasteiger partial charge in [0.25, 0.3) is 0 Å². The van der Waals surface area contributed by atoms with Gasteiger partial charge in [0.05, 0.1) is 0 Å². The number of hydrogen-bond donors (Lipinski definition) is 0. The number of benzene rings is 3. The van der Waals surface area contributed by atoms with E-state index in [9.17, 15) is 0 Å². The predicted octanol–water partition coefficient (Wildman–Crippen LogP) is 7.64. The van der Waals surface area contributed by atoms with Crippen LogP contribution in [0.15, 0.2) is 103 Å². The second-order valence-corrected chi connectivity index (χ2v) is 14.7. The molecule has 0 saturated heterocycles. The fourth-order valence-corrected chi connectivity index (χ4v) is 5.22. The first kappa shape index (κ1) is 27.6. The van der Waals surface area contributed by atoms with Gasteiger partial charge in [0, 0.05) is 0 Å². The molecule has 5 rings (SSSR count). The molecule has 0 amide bonds. The summed E-state index contributed by atoms with van der Waals surface area (Å²) in [4.78, 5) is 0. The van der Waals surface area contributed by atoms with Crippen molar-refractivity contribution < 1.29 is 23.3 Å². The van der Waals surface area contributed by atoms with Gasteiger partial charge in [-0.3, -0.25) is 0 Å². The van der Waals surface area contributed by atoms with Crippen LogP contribution in [0, 0.1) is 13.8 Å². The molecule has 0 aliphatic carbocycles. The molecule has 0 aliphatic heterocycles. The van der Waals surface area contributed by atoms with E-state index in [0.717, 1.165) is 0 Å². The van der Waals surface area contributed by atoms with Crippen LogP contribution in [0.1, 0.15) is 11.1 Å². The van der Waals surface area contributed by atoms with Crippen LogP contribution in [-0.4, -0.2) is 5.43 Å². The molecule has 0 heterocycles. The normalized spacial score (nSPS) is 9.45. The molecule has 0 N–H and O–H groups in total. The maximum absolute atomic E-state index is 2.35. The molecule has 0 nitrogen and oxygen atoms in total. The third kappa shape index (κ3) is 8.54. The average molecular weight is 543 g/mol. The smallest absolute Gasteiger partial charge is 0.0579 e. The van der Waals surface area contributed by atoms with Gasteiger partial charge in [0.15, 0.2) is 0 Å². The van der Waals surface area contributed by atoms with E-state index in [0.29, 0.717) is 0 Å². The van der Waals surface area contributed by atoms with Gasteiger partial charge in [-0.2, -0.15) is 12.1 Å². The zero-order chi connectivity index (χ0) is 20.6. The molecule has 0 atom stereocenters. The van der Waals surface area contributed by atoms with Crippen LogP contribution in [-0.2, 0) is 23.3 Å². The largest absolute Gasteiger partial charge is 0.165 e. The van der Waals surface area contributed by atoms with Gasteiger partial charge in [-0.1, -0.05) is 26.0 Å². The Labute approximate surface area is 213 Å². The van der Waals surface area contributed by atoms with Crippen LogP contribution in [0.5, 0.6) is 0 Å². The van der Waals surface area contributed by atoms with E-state index < -0.39 is 0 Å². The number of hydrogen-bond acceptors (Lipinski definition) is 0. The van der Waals surface area contributed by atoms with Crippen molar-refractivity contribution in [2.45, 2.75) is 20.4 Å². The van der Waals surface area contributed by atoms with Crippen molar-refractivity contribution in [1.29, 1.82) is 0 Å². The van der Waals surface area contributed by atoms with E-state index >= 15 is 0 Å². The third-order valence-electron chi connectivity index (χ3n) is 4.73. The Kier molecular flexibility index (Phi) is 12.3. The van der Waals surface area contributed by atoms with Crippen molar-refractivity contribution >= 4 is 57.0 Å². The van der Waals surface area contributed by atoms with Gasteiger partial charge < -0.3 is 0 Å². The van der Waals surface area contributed by atoms with Crippen molar-refractivity contribution in [1.82, 2.24) is 0 Å². The third-order valence-corrected chi connectivity index (χ3v) is 8.06. The van der Waals surface area contributed by atoms with E-state index in [4.69, 9.17) is 0 Å². The Hall–Kier alpha value is -1.44. The summed E-state index contributed by atoms with van der Waals surface area (Å²) in [5.74, 6) is 0. The molecule has 0 saturated carbocycles. The molecule has 0 aromatic heterocycles. The van der Waals surface area contributed by atoms with E-state index in [-0.39, 0.29) is 30.2 Å². The summed E-state index contributed by atoms with van der Waals surface area (Å²) in [6.07, 6.45) is 0. The van der Waals surface area contributed by atoms with E-state index in [1.807, 2.05) is 0 Å². The minimum Gasteiger partial charge on any atom is -0.165 e. The summed E-state index contributed by atoms with van der Waals surface area (Å²) in [7, 11) is 0. The predicted molar refractivity (Wildman–Crippen MR) is 141 cm³/mol. The Bertz CT molecular complexity index is 1070. The van der Waals surface area contributed by atoms with Crippen molar-refractivity contribution in [2.24, 2.45) is 0 Å². The maximum Gasteiger partial charge on any atom is -0.0579 e. The van der Waals surface area contributed by atoms with Gasteiger partial charge in [-0.05, 0) is 0 Å². The average Bonchev–Trinajstić information content (AvgIpc) is 3.30. The molecule has 0 fully saturated rings. The van der Waals surface area contributed by atoms with Gasteiger partial charge in [0.2, 0.25) is 0 Å². The van der Waals surface area contributed by atoms with Crippen LogP contribution in [0.3, 0.4) is 0 Å². The molecule has 0 bridgehead atoms. The molecule has 4 heteroatoms. The Morgan fingerprint density at radius 1 is 0.613 bits per heavy atom. The van der Waals surface area contributed by atoms with Crippen LogP contribution >= 0.6 is 24.8 Å². The van der Waals surface area contributed by atoms with E-state index in [1.54, 1.807) is 28.5 Å². The van der Waals surface area contributed by atoms with Crippen molar-refractivity contribution in [3.63, 3.8) is 0 Å². The Morgan fingerprint density at radius 3 is 1.35 bits per heavy atom. The molecular weight excluding hydrogens is 515 g/mol. The summed E-state index contributed by atoms with van der Waals surface area (Å²) in [6.45, 7) is 6.60. The van der Waals surface area contributed by atoms with Crippen molar-refractivity contribution in [3.05, 3.63) is 114 Å². The monoisotopic (exact) mass is 540 g/mol. The van der Waals surface area contributed by atoms with Crippen LogP contribution < -0.4 is 5.19 Å². The van der Waals surface area contributed by atoms with E-state index in [1.165, 1.54) is 32.7 Å². The molecule has 5 aromatic carbocycles. The van der Waals surface area contributed by atoms with Crippen molar-refractivity contribution in [2.75, 3.05) is 0 Å². The molecule has 5 aromatic rings. The maximum atomic E-state index is 2.35. The minimum absolute atomic E-state index is 0. The second-order valence-electron chi connectivity index (χ2n) is 7.31. The van der Waals surface area contributed by atoms with Crippen molar-refractivity contribution in [3.8, 4) is 0 Å². The van der Waals surface area contributed by atoms with Crippen LogP contribution in [0.25, 0.3) is 21.5 Å².